The summed E-state index contributed by atoms with van der Waals surface area (Å²) in [6.45, 7) is 11.8. The normalized spacial score (nSPS) is 13.4. The molecular formula is C17H24N2S. The first kappa shape index (κ1) is 15.2. The molecule has 108 valence electrons. The standard InChI is InChI=1S/C17H24N2S/c1-12-7-6-8-14(9-12)13(2)18-10-15-11-20-16(19-15)17(3,4)5/h6-9,11,13,18H,10H2,1-5H3/t13-/m0/s1. The second kappa shape index (κ2) is 6.06. The van der Waals surface area contributed by atoms with Crippen LogP contribution in [0.15, 0.2) is 29.6 Å². The lowest BCUT2D eigenvalue weighted by atomic mass is 9.98. The van der Waals surface area contributed by atoms with Gasteiger partial charge in [0.15, 0.2) is 0 Å². The van der Waals surface area contributed by atoms with Gasteiger partial charge in [-0.05, 0) is 19.4 Å². The van der Waals surface area contributed by atoms with Crippen molar-refractivity contribution < 1.29 is 0 Å². The van der Waals surface area contributed by atoms with Crippen LogP contribution in [0.5, 0.6) is 0 Å². The molecule has 1 N–H and O–H groups in total. The molecule has 0 fully saturated rings. The molecule has 0 saturated heterocycles. The average Bonchev–Trinajstić information content (AvgIpc) is 2.84. The van der Waals surface area contributed by atoms with Crippen LogP contribution in [0.1, 0.15) is 55.6 Å². The third-order valence-electron chi connectivity index (χ3n) is 3.32. The van der Waals surface area contributed by atoms with Gasteiger partial charge in [0, 0.05) is 23.4 Å². The summed E-state index contributed by atoms with van der Waals surface area (Å²) in [6.07, 6.45) is 0. The number of benzene rings is 1. The van der Waals surface area contributed by atoms with Crippen LogP contribution in [-0.2, 0) is 12.0 Å². The minimum atomic E-state index is 0.144. The summed E-state index contributed by atoms with van der Waals surface area (Å²) in [4.78, 5) is 4.72. The number of thiazole rings is 1. The molecular weight excluding hydrogens is 264 g/mol. The summed E-state index contributed by atoms with van der Waals surface area (Å²) < 4.78 is 0. The molecule has 3 heteroatoms. The third-order valence-corrected chi connectivity index (χ3v) is 4.64. The average molecular weight is 288 g/mol. The smallest absolute Gasteiger partial charge is 0.0982 e. The van der Waals surface area contributed by atoms with E-state index in [1.165, 1.54) is 16.1 Å². The minimum Gasteiger partial charge on any atom is -0.305 e. The third kappa shape index (κ3) is 3.90. The van der Waals surface area contributed by atoms with Crippen molar-refractivity contribution in [1.82, 2.24) is 10.3 Å². The zero-order chi connectivity index (χ0) is 14.8. The highest BCUT2D eigenvalue weighted by molar-refractivity contribution is 7.09. The fraction of sp³-hybridized carbons (Fsp3) is 0.471. The summed E-state index contributed by atoms with van der Waals surface area (Å²) in [5.74, 6) is 0. The maximum absolute atomic E-state index is 4.72. The Balaban J connectivity index is 1.97. The van der Waals surface area contributed by atoms with Crippen LogP contribution in [0, 0.1) is 6.92 Å². The molecule has 0 radical (unpaired) electrons. The van der Waals surface area contributed by atoms with Crippen LogP contribution >= 0.6 is 11.3 Å². The molecule has 2 nitrogen and oxygen atoms in total. The quantitative estimate of drug-likeness (QED) is 0.889. The van der Waals surface area contributed by atoms with Gasteiger partial charge in [0.25, 0.3) is 0 Å². The molecule has 1 aromatic carbocycles. The summed E-state index contributed by atoms with van der Waals surface area (Å²) in [5.41, 5.74) is 3.92. The minimum absolute atomic E-state index is 0.144. The van der Waals surface area contributed by atoms with Gasteiger partial charge < -0.3 is 5.32 Å². The van der Waals surface area contributed by atoms with Gasteiger partial charge >= 0.3 is 0 Å². The zero-order valence-corrected chi connectivity index (χ0v) is 13.8. The van der Waals surface area contributed by atoms with Crippen molar-refractivity contribution in [3.8, 4) is 0 Å². The lowest BCUT2D eigenvalue weighted by Gasteiger charge is -2.15. The van der Waals surface area contributed by atoms with Crippen molar-refractivity contribution >= 4 is 11.3 Å². The number of nitrogens with one attached hydrogen (secondary N) is 1. The van der Waals surface area contributed by atoms with Crippen molar-refractivity contribution in [1.29, 1.82) is 0 Å². The Labute approximate surface area is 126 Å². The molecule has 1 heterocycles. The van der Waals surface area contributed by atoms with E-state index in [0.717, 1.165) is 12.2 Å². The molecule has 1 aromatic heterocycles. The Morgan fingerprint density at radius 1 is 1.30 bits per heavy atom. The first-order valence-corrected chi connectivity index (χ1v) is 7.99. The molecule has 0 aliphatic carbocycles. The van der Waals surface area contributed by atoms with Crippen molar-refractivity contribution in [2.75, 3.05) is 0 Å². The van der Waals surface area contributed by atoms with Crippen LogP contribution in [0.25, 0.3) is 0 Å². The van der Waals surface area contributed by atoms with Crippen molar-refractivity contribution in [2.45, 2.75) is 52.6 Å². The van der Waals surface area contributed by atoms with Gasteiger partial charge in [-0.3, -0.25) is 0 Å². The maximum atomic E-state index is 4.72. The van der Waals surface area contributed by atoms with Crippen LogP contribution in [0.4, 0.5) is 0 Å². The van der Waals surface area contributed by atoms with Gasteiger partial charge in [-0.15, -0.1) is 11.3 Å². The van der Waals surface area contributed by atoms with Gasteiger partial charge in [-0.25, -0.2) is 4.98 Å². The molecule has 0 amide bonds. The number of hydrogen-bond acceptors (Lipinski definition) is 3. The molecule has 0 bridgehead atoms. The molecule has 0 unspecified atom stereocenters. The Bertz CT molecular complexity index is 566. The SMILES string of the molecule is Cc1cccc([C@H](C)NCc2csc(C(C)(C)C)n2)c1. The second-order valence-corrected chi connectivity index (χ2v) is 7.27. The Hall–Kier alpha value is -1.19. The highest BCUT2D eigenvalue weighted by Crippen LogP contribution is 2.25. The molecule has 2 aromatic rings. The van der Waals surface area contributed by atoms with Crippen molar-refractivity contribution in [2.24, 2.45) is 0 Å². The van der Waals surface area contributed by atoms with E-state index in [0.29, 0.717) is 6.04 Å². The lowest BCUT2D eigenvalue weighted by Crippen LogP contribution is -2.19. The predicted octanol–water partition coefficient (Wildman–Crippen LogP) is 4.60. The predicted molar refractivity (Wildman–Crippen MR) is 87.2 cm³/mol. The van der Waals surface area contributed by atoms with E-state index in [2.05, 4.69) is 69.6 Å². The van der Waals surface area contributed by atoms with Gasteiger partial charge in [0.2, 0.25) is 0 Å². The summed E-state index contributed by atoms with van der Waals surface area (Å²) in [7, 11) is 0. The molecule has 2 rings (SSSR count). The maximum Gasteiger partial charge on any atom is 0.0982 e. The van der Waals surface area contributed by atoms with Gasteiger partial charge in [-0.1, -0.05) is 50.6 Å². The van der Waals surface area contributed by atoms with E-state index < -0.39 is 0 Å². The molecule has 1 atom stereocenters. The van der Waals surface area contributed by atoms with Crippen LogP contribution in [0.2, 0.25) is 0 Å². The molecule has 0 aliphatic heterocycles. The Morgan fingerprint density at radius 2 is 2.05 bits per heavy atom. The molecule has 0 aliphatic rings. The second-order valence-electron chi connectivity index (χ2n) is 6.41. The summed E-state index contributed by atoms with van der Waals surface area (Å²) >= 11 is 1.76. The first-order chi connectivity index (χ1) is 9.36. The summed E-state index contributed by atoms with van der Waals surface area (Å²) in [6, 6.07) is 9.00. The number of rotatable bonds is 4. The lowest BCUT2D eigenvalue weighted by molar-refractivity contribution is 0.556. The first-order valence-electron chi connectivity index (χ1n) is 7.11. The highest BCUT2D eigenvalue weighted by Gasteiger charge is 2.18. The van der Waals surface area contributed by atoms with E-state index in [9.17, 15) is 0 Å². The number of aromatic nitrogens is 1. The van der Waals surface area contributed by atoms with Gasteiger partial charge in [-0.2, -0.15) is 0 Å². The van der Waals surface area contributed by atoms with Crippen molar-refractivity contribution in [3.63, 3.8) is 0 Å². The molecule has 0 saturated carbocycles. The number of hydrogen-bond donors (Lipinski definition) is 1. The van der Waals surface area contributed by atoms with E-state index in [1.807, 2.05) is 0 Å². The van der Waals surface area contributed by atoms with Crippen LogP contribution in [0.3, 0.4) is 0 Å². The molecule has 0 spiro atoms. The highest BCUT2D eigenvalue weighted by atomic mass is 32.1. The van der Waals surface area contributed by atoms with E-state index in [1.54, 1.807) is 11.3 Å². The van der Waals surface area contributed by atoms with Crippen LogP contribution < -0.4 is 5.32 Å². The fourth-order valence-corrected chi connectivity index (χ4v) is 2.95. The number of aryl methyl sites for hydroxylation is 1. The van der Waals surface area contributed by atoms with Gasteiger partial charge in [0.05, 0.1) is 10.7 Å². The Kier molecular flexibility index (Phi) is 4.61. The monoisotopic (exact) mass is 288 g/mol. The zero-order valence-electron chi connectivity index (χ0n) is 13.0. The van der Waals surface area contributed by atoms with E-state index in [-0.39, 0.29) is 5.41 Å². The van der Waals surface area contributed by atoms with E-state index >= 15 is 0 Å². The van der Waals surface area contributed by atoms with Crippen LogP contribution in [-0.4, -0.2) is 4.98 Å². The number of nitrogens with zero attached hydrogens (tertiary/aromatic N) is 1. The Morgan fingerprint density at radius 3 is 2.65 bits per heavy atom. The largest absolute Gasteiger partial charge is 0.305 e. The van der Waals surface area contributed by atoms with Crippen molar-refractivity contribution in [3.05, 3.63) is 51.5 Å². The van der Waals surface area contributed by atoms with Gasteiger partial charge in [0.1, 0.15) is 0 Å². The topological polar surface area (TPSA) is 24.9 Å². The van der Waals surface area contributed by atoms with E-state index in [4.69, 9.17) is 4.98 Å². The molecule has 20 heavy (non-hydrogen) atoms. The summed E-state index contributed by atoms with van der Waals surface area (Å²) in [5, 5.41) is 6.92. The fourth-order valence-electron chi connectivity index (χ4n) is 2.05.